The fraction of sp³-hybridized carbons (Fsp3) is 0.333. The van der Waals surface area contributed by atoms with E-state index in [0.29, 0.717) is 18.7 Å². The van der Waals surface area contributed by atoms with Crippen molar-refractivity contribution >= 4 is 0 Å². The van der Waals surface area contributed by atoms with Crippen LogP contribution >= 0.6 is 0 Å². The highest BCUT2D eigenvalue weighted by atomic mass is 16.3. The Morgan fingerprint density at radius 3 is 2.75 bits per heavy atom. The van der Waals surface area contributed by atoms with Gasteiger partial charge in [0.25, 0.3) is 0 Å². The van der Waals surface area contributed by atoms with Crippen molar-refractivity contribution in [1.82, 2.24) is 15.0 Å². The third kappa shape index (κ3) is 2.46. The van der Waals surface area contributed by atoms with Crippen molar-refractivity contribution in [1.29, 1.82) is 0 Å². The molecule has 1 N–H and O–H groups in total. The molecule has 4 nitrogen and oxygen atoms in total. The first-order chi connectivity index (χ1) is 7.79. The summed E-state index contributed by atoms with van der Waals surface area (Å²) < 4.78 is 1.74. The highest BCUT2D eigenvalue weighted by Crippen LogP contribution is 2.12. The van der Waals surface area contributed by atoms with E-state index in [2.05, 4.69) is 10.3 Å². The molecule has 2 rings (SSSR count). The van der Waals surface area contributed by atoms with Gasteiger partial charge in [-0.2, -0.15) is 0 Å². The van der Waals surface area contributed by atoms with Crippen LogP contribution in [0.1, 0.15) is 30.7 Å². The predicted octanol–water partition coefficient (Wildman–Crippen LogP) is 1.77. The Morgan fingerprint density at radius 2 is 2.06 bits per heavy atom. The van der Waals surface area contributed by atoms with Gasteiger partial charge in [0, 0.05) is 0 Å². The SMILES string of the molecule is CCC(O)c1cn(Cc2ccccc2)nn1. The summed E-state index contributed by atoms with van der Waals surface area (Å²) in [7, 11) is 0. The second kappa shape index (κ2) is 4.90. The number of benzene rings is 1. The Labute approximate surface area is 94.5 Å². The summed E-state index contributed by atoms with van der Waals surface area (Å²) in [5.74, 6) is 0. The molecule has 0 spiro atoms. The summed E-state index contributed by atoms with van der Waals surface area (Å²) in [6.07, 6.45) is 1.94. The summed E-state index contributed by atoms with van der Waals surface area (Å²) >= 11 is 0. The average molecular weight is 217 g/mol. The number of hydrogen-bond donors (Lipinski definition) is 1. The summed E-state index contributed by atoms with van der Waals surface area (Å²) in [6.45, 7) is 2.60. The average Bonchev–Trinajstić information content (AvgIpc) is 2.78. The Bertz CT molecular complexity index is 439. The van der Waals surface area contributed by atoms with Gasteiger partial charge in [-0.25, -0.2) is 4.68 Å². The van der Waals surface area contributed by atoms with Crippen molar-refractivity contribution in [3.63, 3.8) is 0 Å². The summed E-state index contributed by atoms with van der Waals surface area (Å²) in [5.41, 5.74) is 1.81. The normalized spacial score (nSPS) is 12.6. The number of aromatic nitrogens is 3. The van der Waals surface area contributed by atoms with Crippen LogP contribution in [0.25, 0.3) is 0 Å². The molecule has 0 radical (unpaired) electrons. The molecule has 0 aliphatic heterocycles. The Kier molecular flexibility index (Phi) is 3.31. The van der Waals surface area contributed by atoms with Crippen LogP contribution in [0, 0.1) is 0 Å². The van der Waals surface area contributed by atoms with E-state index >= 15 is 0 Å². The van der Waals surface area contributed by atoms with E-state index in [1.165, 1.54) is 5.56 Å². The topological polar surface area (TPSA) is 50.9 Å². The lowest BCUT2D eigenvalue weighted by Gasteiger charge is -2.01. The molecule has 1 unspecified atom stereocenters. The summed E-state index contributed by atoms with van der Waals surface area (Å²) in [4.78, 5) is 0. The minimum absolute atomic E-state index is 0.510. The molecule has 0 fully saturated rings. The van der Waals surface area contributed by atoms with Crippen LogP contribution < -0.4 is 0 Å². The number of hydrogen-bond acceptors (Lipinski definition) is 3. The zero-order chi connectivity index (χ0) is 11.4. The van der Waals surface area contributed by atoms with Gasteiger partial charge >= 0.3 is 0 Å². The van der Waals surface area contributed by atoms with E-state index in [0.717, 1.165) is 0 Å². The van der Waals surface area contributed by atoms with Crippen LogP contribution in [0.5, 0.6) is 0 Å². The first-order valence-corrected chi connectivity index (χ1v) is 5.41. The lowest BCUT2D eigenvalue weighted by Crippen LogP contribution is -2.00. The number of rotatable bonds is 4. The minimum Gasteiger partial charge on any atom is -0.387 e. The molecular formula is C12H15N3O. The van der Waals surface area contributed by atoms with E-state index in [4.69, 9.17) is 0 Å². The van der Waals surface area contributed by atoms with E-state index in [-0.39, 0.29) is 0 Å². The zero-order valence-electron chi connectivity index (χ0n) is 9.24. The second-order valence-corrected chi connectivity index (χ2v) is 3.75. The molecule has 0 aliphatic rings. The van der Waals surface area contributed by atoms with Crippen molar-refractivity contribution in [3.05, 3.63) is 47.8 Å². The Hall–Kier alpha value is -1.68. The molecule has 0 saturated carbocycles. The van der Waals surface area contributed by atoms with Crippen LogP contribution in [0.15, 0.2) is 36.5 Å². The smallest absolute Gasteiger partial charge is 0.111 e. The minimum atomic E-state index is -0.510. The van der Waals surface area contributed by atoms with Gasteiger partial charge in [0.1, 0.15) is 5.69 Å². The van der Waals surface area contributed by atoms with Gasteiger partial charge in [0.15, 0.2) is 0 Å². The summed E-state index contributed by atoms with van der Waals surface area (Å²) in [5, 5.41) is 17.5. The molecule has 16 heavy (non-hydrogen) atoms. The molecule has 4 heteroatoms. The maximum atomic E-state index is 9.59. The van der Waals surface area contributed by atoms with E-state index in [9.17, 15) is 5.11 Å². The molecule has 1 heterocycles. The predicted molar refractivity (Wildman–Crippen MR) is 60.8 cm³/mol. The van der Waals surface area contributed by atoms with Crippen molar-refractivity contribution in [2.24, 2.45) is 0 Å². The van der Waals surface area contributed by atoms with Gasteiger partial charge in [-0.15, -0.1) is 5.10 Å². The quantitative estimate of drug-likeness (QED) is 0.849. The molecule has 0 saturated heterocycles. The lowest BCUT2D eigenvalue weighted by atomic mass is 10.2. The van der Waals surface area contributed by atoms with Gasteiger partial charge in [-0.05, 0) is 12.0 Å². The van der Waals surface area contributed by atoms with Crippen LogP contribution in [-0.2, 0) is 6.54 Å². The number of nitrogens with zero attached hydrogens (tertiary/aromatic N) is 3. The first kappa shape index (κ1) is 10.8. The molecular weight excluding hydrogens is 202 g/mol. The van der Waals surface area contributed by atoms with Crippen molar-refractivity contribution in [3.8, 4) is 0 Å². The molecule has 0 amide bonds. The molecule has 0 bridgehead atoms. The van der Waals surface area contributed by atoms with E-state index in [1.54, 1.807) is 10.9 Å². The zero-order valence-corrected chi connectivity index (χ0v) is 9.24. The maximum Gasteiger partial charge on any atom is 0.111 e. The molecule has 1 aromatic carbocycles. The maximum absolute atomic E-state index is 9.59. The van der Waals surface area contributed by atoms with Gasteiger partial charge in [-0.3, -0.25) is 0 Å². The fourth-order valence-corrected chi connectivity index (χ4v) is 1.52. The highest BCUT2D eigenvalue weighted by molar-refractivity contribution is 5.15. The van der Waals surface area contributed by atoms with E-state index in [1.807, 2.05) is 37.3 Å². The monoisotopic (exact) mass is 217 g/mol. The highest BCUT2D eigenvalue weighted by Gasteiger charge is 2.09. The third-order valence-corrected chi connectivity index (χ3v) is 2.47. The standard InChI is InChI=1S/C12H15N3O/c1-2-12(16)11-9-15(14-13-11)8-10-6-4-3-5-7-10/h3-7,9,12,16H,2,8H2,1H3. The van der Waals surface area contributed by atoms with Crippen LogP contribution in [0.2, 0.25) is 0 Å². The van der Waals surface area contributed by atoms with Crippen LogP contribution in [-0.4, -0.2) is 20.1 Å². The third-order valence-electron chi connectivity index (χ3n) is 2.47. The van der Waals surface area contributed by atoms with Gasteiger partial charge in [-0.1, -0.05) is 42.5 Å². The van der Waals surface area contributed by atoms with Crippen LogP contribution in [0.3, 0.4) is 0 Å². The number of aliphatic hydroxyl groups excluding tert-OH is 1. The fourth-order valence-electron chi connectivity index (χ4n) is 1.52. The largest absolute Gasteiger partial charge is 0.387 e. The molecule has 2 aromatic rings. The number of aliphatic hydroxyl groups is 1. The molecule has 1 atom stereocenters. The van der Waals surface area contributed by atoms with E-state index < -0.39 is 6.10 Å². The first-order valence-electron chi connectivity index (χ1n) is 5.41. The second-order valence-electron chi connectivity index (χ2n) is 3.75. The van der Waals surface area contributed by atoms with Crippen molar-refractivity contribution < 1.29 is 5.11 Å². The van der Waals surface area contributed by atoms with Gasteiger partial charge in [0.05, 0.1) is 18.8 Å². The Morgan fingerprint density at radius 1 is 1.31 bits per heavy atom. The molecule has 0 aliphatic carbocycles. The molecule has 1 aromatic heterocycles. The van der Waals surface area contributed by atoms with Crippen LogP contribution in [0.4, 0.5) is 0 Å². The Balaban J connectivity index is 2.09. The van der Waals surface area contributed by atoms with Crippen molar-refractivity contribution in [2.45, 2.75) is 26.0 Å². The summed E-state index contributed by atoms with van der Waals surface area (Å²) in [6, 6.07) is 10.1. The molecule has 84 valence electrons. The van der Waals surface area contributed by atoms with Gasteiger partial charge in [0.2, 0.25) is 0 Å². The van der Waals surface area contributed by atoms with Gasteiger partial charge < -0.3 is 5.11 Å². The lowest BCUT2D eigenvalue weighted by molar-refractivity contribution is 0.168. The van der Waals surface area contributed by atoms with Crippen molar-refractivity contribution in [2.75, 3.05) is 0 Å².